The fraction of sp³-hybridized carbons (Fsp3) is 0.174. The average molecular weight is 440 g/mol. The number of amides is 1. The molecule has 2 aromatic carbocycles. The number of halogens is 1. The van der Waals surface area contributed by atoms with E-state index in [9.17, 15) is 14.7 Å². The third kappa shape index (κ3) is 4.62. The highest BCUT2D eigenvalue weighted by atomic mass is 35.5. The van der Waals surface area contributed by atoms with Crippen LogP contribution in [-0.2, 0) is 0 Å². The standard InChI is InChI=1S/C23H22ClN3O4/c1-13-5-7-18(21(9-13)31-4)22(28)26-25-12-16-10-14(2)27(15(16)3)17-6-8-20(24)19(11-17)23(29)30/h5-12H,1-4H3,(H,26,28)(H,29,30)/b25-12-. The number of carboxylic acids is 1. The van der Waals surface area contributed by atoms with Crippen LogP contribution in [0.15, 0.2) is 47.6 Å². The van der Waals surface area contributed by atoms with E-state index in [1.54, 1.807) is 30.5 Å². The first-order chi connectivity index (χ1) is 14.7. The van der Waals surface area contributed by atoms with Crippen LogP contribution in [0, 0.1) is 20.8 Å². The minimum absolute atomic E-state index is 0.0289. The summed E-state index contributed by atoms with van der Waals surface area (Å²) in [6.45, 7) is 5.70. The third-order valence-electron chi connectivity index (χ3n) is 4.88. The van der Waals surface area contributed by atoms with Crippen LogP contribution in [-0.4, -0.2) is 34.9 Å². The van der Waals surface area contributed by atoms with Gasteiger partial charge in [-0.25, -0.2) is 10.2 Å². The highest BCUT2D eigenvalue weighted by Crippen LogP contribution is 2.25. The predicted molar refractivity (Wildman–Crippen MR) is 120 cm³/mol. The van der Waals surface area contributed by atoms with Gasteiger partial charge >= 0.3 is 5.97 Å². The number of hydrogen-bond donors (Lipinski definition) is 2. The molecule has 0 spiro atoms. The second kappa shape index (κ2) is 9.06. The number of hydrogen-bond acceptors (Lipinski definition) is 4. The van der Waals surface area contributed by atoms with Crippen molar-refractivity contribution in [2.75, 3.05) is 7.11 Å². The van der Waals surface area contributed by atoms with Crippen molar-refractivity contribution in [1.29, 1.82) is 0 Å². The van der Waals surface area contributed by atoms with E-state index in [4.69, 9.17) is 16.3 Å². The summed E-state index contributed by atoms with van der Waals surface area (Å²) >= 11 is 5.98. The quantitative estimate of drug-likeness (QED) is 0.436. The lowest BCUT2D eigenvalue weighted by Gasteiger charge is -2.11. The maximum absolute atomic E-state index is 12.5. The zero-order chi connectivity index (χ0) is 22.7. The zero-order valence-corrected chi connectivity index (χ0v) is 18.3. The lowest BCUT2D eigenvalue weighted by atomic mass is 10.1. The number of benzene rings is 2. The van der Waals surface area contributed by atoms with Crippen LogP contribution in [0.4, 0.5) is 0 Å². The lowest BCUT2D eigenvalue weighted by molar-refractivity contribution is 0.0696. The molecule has 0 saturated heterocycles. The number of aryl methyl sites for hydroxylation is 2. The first-order valence-corrected chi connectivity index (χ1v) is 9.81. The molecule has 0 aliphatic carbocycles. The Morgan fingerprint density at radius 3 is 2.52 bits per heavy atom. The second-order valence-corrected chi connectivity index (χ2v) is 7.44. The van der Waals surface area contributed by atoms with Gasteiger partial charge in [0.1, 0.15) is 5.75 Å². The van der Waals surface area contributed by atoms with Crippen molar-refractivity contribution in [2.45, 2.75) is 20.8 Å². The molecule has 0 radical (unpaired) electrons. The normalized spacial score (nSPS) is 11.0. The summed E-state index contributed by atoms with van der Waals surface area (Å²) in [5.41, 5.74) is 7.08. The third-order valence-corrected chi connectivity index (χ3v) is 5.21. The molecule has 1 amide bonds. The molecule has 0 fully saturated rings. The molecule has 7 nitrogen and oxygen atoms in total. The van der Waals surface area contributed by atoms with E-state index in [-0.39, 0.29) is 16.5 Å². The van der Waals surface area contributed by atoms with Crippen molar-refractivity contribution < 1.29 is 19.4 Å². The largest absolute Gasteiger partial charge is 0.496 e. The molecule has 0 unspecified atom stereocenters. The minimum atomic E-state index is -1.09. The van der Waals surface area contributed by atoms with Gasteiger partial charge in [-0.1, -0.05) is 17.7 Å². The molecule has 0 aliphatic heterocycles. The minimum Gasteiger partial charge on any atom is -0.496 e. The van der Waals surface area contributed by atoms with Crippen molar-refractivity contribution in [3.05, 3.63) is 81.1 Å². The first-order valence-electron chi connectivity index (χ1n) is 9.43. The van der Waals surface area contributed by atoms with Crippen LogP contribution in [0.5, 0.6) is 5.75 Å². The molecule has 0 atom stereocenters. The molecular weight excluding hydrogens is 418 g/mol. The topological polar surface area (TPSA) is 92.9 Å². The molecule has 0 saturated carbocycles. The molecule has 0 bridgehead atoms. The van der Waals surface area contributed by atoms with E-state index in [0.717, 1.165) is 22.5 Å². The number of nitrogens with one attached hydrogen (secondary N) is 1. The Morgan fingerprint density at radius 1 is 1.10 bits per heavy atom. The SMILES string of the molecule is COc1cc(C)ccc1C(=O)N/N=C\c1cc(C)n(-c2ccc(Cl)c(C(=O)O)c2)c1C. The summed E-state index contributed by atoms with van der Waals surface area (Å²) in [6.07, 6.45) is 1.55. The van der Waals surface area contributed by atoms with Gasteiger partial charge in [0.2, 0.25) is 0 Å². The van der Waals surface area contributed by atoms with Gasteiger partial charge in [-0.15, -0.1) is 0 Å². The van der Waals surface area contributed by atoms with Crippen LogP contribution in [0.1, 0.15) is 43.2 Å². The summed E-state index contributed by atoms with van der Waals surface area (Å²) in [5.74, 6) is -1.00. The number of methoxy groups -OCH3 is 1. The number of aromatic nitrogens is 1. The van der Waals surface area contributed by atoms with E-state index in [2.05, 4.69) is 10.5 Å². The van der Waals surface area contributed by atoms with Crippen molar-refractivity contribution in [2.24, 2.45) is 5.10 Å². The highest BCUT2D eigenvalue weighted by Gasteiger charge is 2.15. The maximum Gasteiger partial charge on any atom is 0.337 e. The molecule has 1 heterocycles. The summed E-state index contributed by atoms with van der Waals surface area (Å²) in [7, 11) is 1.51. The van der Waals surface area contributed by atoms with Crippen LogP contribution in [0.3, 0.4) is 0 Å². The van der Waals surface area contributed by atoms with Crippen molar-refractivity contribution >= 4 is 29.7 Å². The molecule has 0 aliphatic rings. The molecule has 1 aromatic heterocycles. The van der Waals surface area contributed by atoms with Gasteiger partial charge in [-0.3, -0.25) is 4.79 Å². The van der Waals surface area contributed by atoms with Gasteiger partial charge in [0.05, 0.1) is 29.5 Å². The molecule has 2 N–H and O–H groups in total. The Hall–Kier alpha value is -3.58. The van der Waals surface area contributed by atoms with E-state index >= 15 is 0 Å². The van der Waals surface area contributed by atoms with E-state index in [1.165, 1.54) is 13.2 Å². The predicted octanol–water partition coefficient (Wildman–Crippen LogP) is 4.53. The zero-order valence-electron chi connectivity index (χ0n) is 17.6. The van der Waals surface area contributed by atoms with Crippen LogP contribution < -0.4 is 10.2 Å². The monoisotopic (exact) mass is 439 g/mol. The number of nitrogens with zero attached hydrogens (tertiary/aromatic N) is 2. The van der Waals surface area contributed by atoms with E-state index in [0.29, 0.717) is 17.0 Å². The van der Waals surface area contributed by atoms with E-state index < -0.39 is 5.97 Å². The summed E-state index contributed by atoms with van der Waals surface area (Å²) in [5, 5.41) is 13.6. The van der Waals surface area contributed by atoms with E-state index in [1.807, 2.05) is 37.5 Å². The van der Waals surface area contributed by atoms with Crippen LogP contribution in [0.25, 0.3) is 5.69 Å². The Morgan fingerprint density at radius 2 is 1.84 bits per heavy atom. The van der Waals surface area contributed by atoms with Crippen molar-refractivity contribution in [3.8, 4) is 11.4 Å². The number of rotatable bonds is 6. The van der Waals surface area contributed by atoms with Gasteiger partial charge < -0.3 is 14.4 Å². The number of hydrazone groups is 1. The smallest absolute Gasteiger partial charge is 0.337 e. The van der Waals surface area contributed by atoms with Gasteiger partial charge in [0.15, 0.2) is 0 Å². The molecule has 31 heavy (non-hydrogen) atoms. The number of carbonyl (C=O) groups excluding carboxylic acids is 1. The second-order valence-electron chi connectivity index (χ2n) is 7.03. The van der Waals surface area contributed by atoms with Gasteiger partial charge in [-0.2, -0.15) is 5.10 Å². The summed E-state index contributed by atoms with van der Waals surface area (Å²) in [4.78, 5) is 23.9. The van der Waals surface area contributed by atoms with Gasteiger partial charge in [0, 0.05) is 22.6 Å². The molecule has 8 heteroatoms. The van der Waals surface area contributed by atoms with Crippen LogP contribution in [0.2, 0.25) is 5.02 Å². The number of carboxylic acid groups (broad SMARTS) is 1. The van der Waals surface area contributed by atoms with Gasteiger partial charge in [-0.05, 0) is 62.7 Å². The maximum atomic E-state index is 12.5. The number of aromatic carboxylic acids is 1. The van der Waals surface area contributed by atoms with Crippen LogP contribution >= 0.6 is 11.6 Å². The molecule has 160 valence electrons. The molecule has 3 aromatic rings. The number of ether oxygens (including phenoxy) is 1. The molecule has 3 rings (SSSR count). The van der Waals surface area contributed by atoms with Crippen molar-refractivity contribution in [3.63, 3.8) is 0 Å². The summed E-state index contributed by atoms with van der Waals surface area (Å²) in [6, 6.07) is 12.0. The fourth-order valence-electron chi connectivity index (χ4n) is 3.34. The Bertz CT molecular complexity index is 1200. The fourth-order valence-corrected chi connectivity index (χ4v) is 3.54. The number of carbonyl (C=O) groups is 2. The highest BCUT2D eigenvalue weighted by molar-refractivity contribution is 6.33. The Balaban J connectivity index is 1.85. The van der Waals surface area contributed by atoms with Crippen molar-refractivity contribution in [1.82, 2.24) is 9.99 Å². The lowest BCUT2D eigenvalue weighted by Crippen LogP contribution is -2.18. The Kier molecular flexibility index (Phi) is 6.46. The first kappa shape index (κ1) is 22.1. The van der Waals surface area contributed by atoms with Gasteiger partial charge in [0.25, 0.3) is 5.91 Å². The molecular formula is C23H22ClN3O4. The average Bonchev–Trinajstić information content (AvgIpc) is 3.01. The Labute approximate surface area is 184 Å². The summed E-state index contributed by atoms with van der Waals surface area (Å²) < 4.78 is 7.16.